The molecule has 0 aliphatic heterocycles. The second-order valence-corrected chi connectivity index (χ2v) is 3.94. The molecule has 0 saturated heterocycles. The first-order valence-electron chi connectivity index (χ1n) is 5.00. The smallest absolute Gasteiger partial charge is 0.269 e. The van der Waals surface area contributed by atoms with Gasteiger partial charge in [0, 0.05) is 17.8 Å². The summed E-state index contributed by atoms with van der Waals surface area (Å²) >= 11 is 5.02. The molecule has 2 rings (SSSR count). The Morgan fingerprint density at radius 1 is 1.22 bits per heavy atom. The van der Waals surface area contributed by atoms with Gasteiger partial charge in [-0.2, -0.15) is 5.26 Å². The first kappa shape index (κ1) is 12.0. The zero-order chi connectivity index (χ0) is 13.1. The molecular formula is C12H7N3O2S. The lowest BCUT2D eigenvalue weighted by Gasteiger charge is -2.02. The number of H-pyrrole nitrogens is 1. The summed E-state index contributed by atoms with van der Waals surface area (Å²) in [5, 5.41) is 19.3. The standard InChI is InChI=1S/C12H7N3O2S/c13-7-9-3-6-11(14-12(9)18)8-1-4-10(5-2-8)15(16)17/h1-6H,(H,14,18). The Kier molecular flexibility index (Phi) is 3.17. The first-order valence-corrected chi connectivity index (χ1v) is 5.41. The first-order chi connectivity index (χ1) is 8.61. The predicted molar refractivity (Wildman–Crippen MR) is 68.4 cm³/mol. The van der Waals surface area contributed by atoms with Crippen LogP contribution in [0, 0.1) is 26.1 Å². The molecule has 0 atom stereocenters. The van der Waals surface area contributed by atoms with Crippen LogP contribution in [0.3, 0.4) is 0 Å². The molecule has 0 amide bonds. The van der Waals surface area contributed by atoms with Crippen LogP contribution >= 0.6 is 12.2 Å². The average Bonchev–Trinajstić information content (AvgIpc) is 2.38. The maximum atomic E-state index is 10.5. The van der Waals surface area contributed by atoms with Crippen molar-refractivity contribution in [2.24, 2.45) is 0 Å². The molecule has 18 heavy (non-hydrogen) atoms. The van der Waals surface area contributed by atoms with Crippen LogP contribution in [-0.4, -0.2) is 9.91 Å². The van der Waals surface area contributed by atoms with Gasteiger partial charge >= 0.3 is 0 Å². The SMILES string of the molecule is N#Cc1ccc(-c2ccc([N+](=O)[O-])cc2)[nH]c1=S. The summed E-state index contributed by atoms with van der Waals surface area (Å²) in [5.74, 6) is 0. The summed E-state index contributed by atoms with van der Waals surface area (Å²) in [6, 6.07) is 11.4. The Bertz CT molecular complexity index is 698. The Morgan fingerprint density at radius 3 is 2.39 bits per heavy atom. The molecule has 0 fully saturated rings. The van der Waals surface area contributed by atoms with Crippen molar-refractivity contribution in [1.82, 2.24) is 4.98 Å². The van der Waals surface area contributed by atoms with E-state index in [4.69, 9.17) is 17.5 Å². The molecule has 88 valence electrons. The molecule has 0 radical (unpaired) electrons. The largest absolute Gasteiger partial charge is 0.345 e. The Labute approximate surface area is 107 Å². The third-order valence-corrected chi connectivity index (χ3v) is 2.74. The number of pyridine rings is 1. The molecule has 1 N–H and O–H groups in total. The van der Waals surface area contributed by atoms with Gasteiger partial charge in [-0.15, -0.1) is 0 Å². The molecule has 0 saturated carbocycles. The van der Waals surface area contributed by atoms with Gasteiger partial charge in [0.05, 0.1) is 10.5 Å². The van der Waals surface area contributed by atoms with Crippen LogP contribution in [0.1, 0.15) is 5.56 Å². The lowest BCUT2D eigenvalue weighted by atomic mass is 10.1. The van der Waals surface area contributed by atoms with Crippen molar-refractivity contribution in [3.05, 3.63) is 56.7 Å². The lowest BCUT2D eigenvalue weighted by Crippen LogP contribution is -1.89. The van der Waals surface area contributed by atoms with Gasteiger partial charge in [0.1, 0.15) is 10.7 Å². The number of aromatic nitrogens is 1. The van der Waals surface area contributed by atoms with Crippen LogP contribution in [-0.2, 0) is 0 Å². The molecule has 0 aliphatic carbocycles. The number of aromatic amines is 1. The van der Waals surface area contributed by atoms with Gasteiger partial charge < -0.3 is 4.98 Å². The zero-order valence-electron chi connectivity index (χ0n) is 9.08. The molecule has 1 aromatic carbocycles. The van der Waals surface area contributed by atoms with Crippen molar-refractivity contribution >= 4 is 17.9 Å². The highest BCUT2D eigenvalue weighted by Crippen LogP contribution is 2.21. The van der Waals surface area contributed by atoms with Crippen molar-refractivity contribution in [3.8, 4) is 17.3 Å². The Morgan fingerprint density at radius 2 is 1.89 bits per heavy atom. The van der Waals surface area contributed by atoms with E-state index in [-0.39, 0.29) is 5.69 Å². The number of nitrogens with zero attached hydrogens (tertiary/aromatic N) is 2. The van der Waals surface area contributed by atoms with Crippen LogP contribution in [0.4, 0.5) is 5.69 Å². The number of hydrogen-bond donors (Lipinski definition) is 1. The molecule has 1 heterocycles. The van der Waals surface area contributed by atoms with Crippen molar-refractivity contribution in [1.29, 1.82) is 5.26 Å². The minimum absolute atomic E-state index is 0.0333. The topological polar surface area (TPSA) is 82.7 Å². The number of nitriles is 1. The summed E-state index contributed by atoms with van der Waals surface area (Å²) in [4.78, 5) is 13.0. The maximum Gasteiger partial charge on any atom is 0.269 e. The van der Waals surface area contributed by atoms with Crippen LogP contribution in [0.5, 0.6) is 0 Å². The molecular weight excluding hydrogens is 250 g/mol. The number of nitrogens with one attached hydrogen (secondary N) is 1. The highest BCUT2D eigenvalue weighted by atomic mass is 32.1. The summed E-state index contributed by atoms with van der Waals surface area (Å²) < 4.78 is 0.355. The summed E-state index contributed by atoms with van der Waals surface area (Å²) in [5.41, 5.74) is 1.92. The quantitative estimate of drug-likeness (QED) is 0.508. The minimum Gasteiger partial charge on any atom is -0.345 e. The highest BCUT2D eigenvalue weighted by molar-refractivity contribution is 7.71. The zero-order valence-corrected chi connectivity index (χ0v) is 9.90. The van der Waals surface area contributed by atoms with Gasteiger partial charge in [0.2, 0.25) is 0 Å². The molecule has 1 aromatic heterocycles. The number of benzene rings is 1. The van der Waals surface area contributed by atoms with E-state index in [2.05, 4.69) is 4.98 Å². The van der Waals surface area contributed by atoms with E-state index in [0.717, 1.165) is 5.56 Å². The van der Waals surface area contributed by atoms with E-state index in [1.807, 2.05) is 6.07 Å². The fraction of sp³-hybridized carbons (Fsp3) is 0. The van der Waals surface area contributed by atoms with Gasteiger partial charge in [-0.3, -0.25) is 10.1 Å². The van der Waals surface area contributed by atoms with Gasteiger partial charge in [-0.1, -0.05) is 12.2 Å². The summed E-state index contributed by atoms with van der Waals surface area (Å²) in [7, 11) is 0. The summed E-state index contributed by atoms with van der Waals surface area (Å²) in [6.45, 7) is 0. The Hall–Kier alpha value is -2.52. The normalized spacial score (nSPS) is 9.72. The predicted octanol–water partition coefficient (Wildman–Crippen LogP) is 3.19. The van der Waals surface area contributed by atoms with Gasteiger partial charge in [0.15, 0.2) is 0 Å². The molecule has 5 nitrogen and oxygen atoms in total. The van der Waals surface area contributed by atoms with E-state index in [0.29, 0.717) is 15.9 Å². The number of non-ortho nitro benzene ring substituents is 1. The van der Waals surface area contributed by atoms with E-state index < -0.39 is 4.92 Å². The Balaban J connectivity index is 2.44. The third-order valence-electron chi connectivity index (χ3n) is 2.42. The van der Waals surface area contributed by atoms with Gasteiger partial charge in [-0.05, 0) is 29.8 Å². The molecule has 0 bridgehead atoms. The summed E-state index contributed by atoms with van der Waals surface area (Å²) in [6.07, 6.45) is 0. The van der Waals surface area contributed by atoms with Crippen LogP contribution < -0.4 is 0 Å². The number of hydrogen-bond acceptors (Lipinski definition) is 4. The van der Waals surface area contributed by atoms with E-state index in [1.54, 1.807) is 24.3 Å². The average molecular weight is 257 g/mol. The van der Waals surface area contributed by atoms with Crippen LogP contribution in [0.15, 0.2) is 36.4 Å². The number of rotatable bonds is 2. The number of nitro benzene ring substituents is 1. The van der Waals surface area contributed by atoms with Gasteiger partial charge in [-0.25, -0.2) is 0 Å². The number of nitro groups is 1. The third kappa shape index (κ3) is 2.26. The van der Waals surface area contributed by atoms with E-state index in [1.165, 1.54) is 12.1 Å². The molecule has 2 aromatic rings. The monoisotopic (exact) mass is 257 g/mol. The molecule has 0 aliphatic rings. The van der Waals surface area contributed by atoms with Gasteiger partial charge in [0.25, 0.3) is 5.69 Å². The fourth-order valence-corrected chi connectivity index (χ4v) is 1.72. The molecule has 6 heteroatoms. The second kappa shape index (κ2) is 4.77. The fourth-order valence-electron chi connectivity index (χ4n) is 1.49. The van der Waals surface area contributed by atoms with Crippen molar-refractivity contribution in [3.63, 3.8) is 0 Å². The van der Waals surface area contributed by atoms with Crippen molar-refractivity contribution in [2.45, 2.75) is 0 Å². The highest BCUT2D eigenvalue weighted by Gasteiger charge is 2.05. The maximum absolute atomic E-state index is 10.5. The van der Waals surface area contributed by atoms with E-state index in [9.17, 15) is 10.1 Å². The minimum atomic E-state index is -0.454. The second-order valence-electron chi connectivity index (χ2n) is 3.53. The van der Waals surface area contributed by atoms with Crippen LogP contribution in [0.25, 0.3) is 11.3 Å². The van der Waals surface area contributed by atoms with E-state index >= 15 is 0 Å². The van der Waals surface area contributed by atoms with Crippen LogP contribution in [0.2, 0.25) is 0 Å². The van der Waals surface area contributed by atoms with Crippen molar-refractivity contribution in [2.75, 3.05) is 0 Å². The van der Waals surface area contributed by atoms with Crippen molar-refractivity contribution < 1.29 is 4.92 Å². The molecule has 0 unspecified atom stereocenters. The lowest BCUT2D eigenvalue weighted by molar-refractivity contribution is -0.384. The molecule has 0 spiro atoms.